The summed E-state index contributed by atoms with van der Waals surface area (Å²) >= 11 is 0. The second-order valence-corrected chi connectivity index (χ2v) is 9.41. The van der Waals surface area contributed by atoms with Crippen LogP contribution in [0.1, 0.15) is 18.5 Å². The molecule has 8 heteroatoms. The molecule has 3 heterocycles. The maximum absolute atomic E-state index is 12.6. The van der Waals surface area contributed by atoms with E-state index in [0.717, 1.165) is 18.5 Å². The number of rotatable bonds is 3. The summed E-state index contributed by atoms with van der Waals surface area (Å²) in [5, 5.41) is 4.93. The third-order valence-electron chi connectivity index (χ3n) is 5.48. The Balaban J connectivity index is 1.32. The molecule has 2 saturated heterocycles. The fourth-order valence-corrected chi connectivity index (χ4v) is 5.37. The first-order valence-electron chi connectivity index (χ1n) is 9.07. The van der Waals surface area contributed by atoms with Crippen LogP contribution in [-0.4, -0.2) is 73.0 Å². The maximum atomic E-state index is 12.6. The molecule has 0 N–H and O–H groups in total. The zero-order chi connectivity index (χ0) is 18.1. The van der Waals surface area contributed by atoms with Crippen molar-refractivity contribution in [3.63, 3.8) is 0 Å². The second kappa shape index (κ2) is 7.00. The quantitative estimate of drug-likeness (QED) is 0.796. The van der Waals surface area contributed by atoms with E-state index in [9.17, 15) is 13.2 Å². The molecule has 1 aromatic carbocycles. The van der Waals surface area contributed by atoms with Gasteiger partial charge in [0.05, 0.1) is 17.9 Å². The molecule has 2 aliphatic heterocycles. The van der Waals surface area contributed by atoms with Gasteiger partial charge in [0.2, 0.25) is 5.91 Å². The molecule has 0 aliphatic carbocycles. The van der Waals surface area contributed by atoms with Crippen LogP contribution in [0.5, 0.6) is 0 Å². The standard InChI is InChI=1S/C18H23N3O4S/c22-18(13-16-15-3-1-2-4-17(15)25-19-16)21-9-7-20(8-10-21)14-5-11-26(23,24)12-6-14/h1-4,14H,5-13H2. The number of piperazine rings is 1. The van der Waals surface area contributed by atoms with Gasteiger partial charge < -0.3 is 9.42 Å². The van der Waals surface area contributed by atoms with E-state index in [2.05, 4.69) is 10.1 Å². The van der Waals surface area contributed by atoms with E-state index in [1.54, 1.807) is 0 Å². The molecular formula is C18H23N3O4S. The molecule has 2 aromatic rings. The van der Waals surface area contributed by atoms with Gasteiger partial charge in [0.15, 0.2) is 5.58 Å². The van der Waals surface area contributed by atoms with Crippen LogP contribution >= 0.6 is 0 Å². The molecule has 0 radical (unpaired) electrons. The number of sulfone groups is 1. The van der Waals surface area contributed by atoms with Gasteiger partial charge in [-0.3, -0.25) is 9.69 Å². The molecule has 0 unspecified atom stereocenters. The minimum absolute atomic E-state index is 0.0647. The molecule has 1 aromatic heterocycles. The van der Waals surface area contributed by atoms with Crippen molar-refractivity contribution < 1.29 is 17.7 Å². The molecule has 0 saturated carbocycles. The number of para-hydroxylation sites is 1. The largest absolute Gasteiger partial charge is 0.356 e. The Morgan fingerprint density at radius 2 is 1.81 bits per heavy atom. The first kappa shape index (κ1) is 17.5. The van der Waals surface area contributed by atoms with Gasteiger partial charge >= 0.3 is 0 Å². The topological polar surface area (TPSA) is 83.7 Å². The molecule has 2 aliphatic rings. The van der Waals surface area contributed by atoms with Crippen LogP contribution in [0.3, 0.4) is 0 Å². The molecule has 26 heavy (non-hydrogen) atoms. The predicted molar refractivity (Wildman–Crippen MR) is 97.5 cm³/mol. The number of nitrogens with zero attached hydrogens (tertiary/aromatic N) is 3. The number of carbonyl (C=O) groups excluding carboxylic acids is 1. The first-order valence-corrected chi connectivity index (χ1v) is 10.9. The number of aromatic nitrogens is 1. The molecule has 4 rings (SSSR count). The second-order valence-electron chi connectivity index (χ2n) is 7.10. The minimum Gasteiger partial charge on any atom is -0.356 e. The number of hydrogen-bond donors (Lipinski definition) is 0. The Kier molecular flexibility index (Phi) is 4.71. The van der Waals surface area contributed by atoms with Gasteiger partial charge in [-0.2, -0.15) is 0 Å². The average Bonchev–Trinajstić information content (AvgIpc) is 3.05. The Morgan fingerprint density at radius 1 is 1.12 bits per heavy atom. The summed E-state index contributed by atoms with van der Waals surface area (Å²) < 4.78 is 28.4. The van der Waals surface area contributed by atoms with Crippen LogP contribution in [0, 0.1) is 0 Å². The van der Waals surface area contributed by atoms with Crippen LogP contribution < -0.4 is 0 Å². The fourth-order valence-electron chi connectivity index (χ4n) is 3.90. The van der Waals surface area contributed by atoms with Crippen molar-refractivity contribution in [3.8, 4) is 0 Å². The van der Waals surface area contributed by atoms with E-state index in [1.807, 2.05) is 29.2 Å². The van der Waals surface area contributed by atoms with E-state index in [0.29, 0.717) is 43.2 Å². The summed E-state index contributed by atoms with van der Waals surface area (Å²) in [6.45, 7) is 2.96. The fraction of sp³-hybridized carbons (Fsp3) is 0.556. The van der Waals surface area contributed by atoms with Crippen molar-refractivity contribution >= 4 is 26.7 Å². The lowest BCUT2D eigenvalue weighted by Crippen LogP contribution is -2.53. The van der Waals surface area contributed by atoms with E-state index in [1.165, 1.54) is 0 Å². The van der Waals surface area contributed by atoms with Crippen molar-refractivity contribution in [1.82, 2.24) is 15.0 Å². The van der Waals surface area contributed by atoms with Crippen LogP contribution in [0.15, 0.2) is 28.8 Å². The smallest absolute Gasteiger partial charge is 0.228 e. The molecule has 7 nitrogen and oxygen atoms in total. The lowest BCUT2D eigenvalue weighted by atomic mass is 10.1. The van der Waals surface area contributed by atoms with Crippen molar-refractivity contribution in [1.29, 1.82) is 0 Å². The number of carbonyl (C=O) groups is 1. The highest BCUT2D eigenvalue weighted by molar-refractivity contribution is 7.91. The van der Waals surface area contributed by atoms with Gasteiger partial charge in [0, 0.05) is 37.6 Å². The highest BCUT2D eigenvalue weighted by Gasteiger charge is 2.31. The predicted octanol–water partition coefficient (Wildman–Crippen LogP) is 1.09. The number of benzene rings is 1. The Hall–Kier alpha value is -1.93. The lowest BCUT2D eigenvalue weighted by Gasteiger charge is -2.40. The monoisotopic (exact) mass is 377 g/mol. The Bertz CT molecular complexity index is 886. The van der Waals surface area contributed by atoms with Gasteiger partial charge in [-0.05, 0) is 25.0 Å². The van der Waals surface area contributed by atoms with Crippen molar-refractivity contribution in [2.45, 2.75) is 25.3 Å². The molecule has 0 atom stereocenters. The van der Waals surface area contributed by atoms with Crippen LogP contribution in [0.25, 0.3) is 11.0 Å². The number of fused-ring (bicyclic) bond motifs is 1. The summed E-state index contributed by atoms with van der Waals surface area (Å²) in [6, 6.07) is 7.89. The van der Waals surface area contributed by atoms with Crippen molar-refractivity contribution in [2.75, 3.05) is 37.7 Å². The summed E-state index contributed by atoms with van der Waals surface area (Å²) in [5.41, 5.74) is 1.39. The molecule has 140 valence electrons. The highest BCUT2D eigenvalue weighted by Crippen LogP contribution is 2.21. The number of hydrogen-bond acceptors (Lipinski definition) is 6. The van der Waals surface area contributed by atoms with Crippen LogP contribution in [-0.2, 0) is 21.1 Å². The molecule has 0 spiro atoms. The summed E-state index contributed by atoms with van der Waals surface area (Å²) in [7, 11) is -2.83. The zero-order valence-electron chi connectivity index (χ0n) is 14.6. The van der Waals surface area contributed by atoms with Gasteiger partial charge in [0.1, 0.15) is 15.5 Å². The SMILES string of the molecule is O=C(Cc1noc2ccccc12)N1CCN(C2CCS(=O)(=O)CC2)CC1. The normalized spacial score (nSPS) is 21.9. The van der Waals surface area contributed by atoms with Gasteiger partial charge in [-0.1, -0.05) is 17.3 Å². The molecule has 2 fully saturated rings. The van der Waals surface area contributed by atoms with Crippen molar-refractivity contribution in [2.24, 2.45) is 0 Å². The third-order valence-corrected chi connectivity index (χ3v) is 7.19. The highest BCUT2D eigenvalue weighted by atomic mass is 32.2. The third kappa shape index (κ3) is 3.61. The average molecular weight is 377 g/mol. The first-order chi connectivity index (χ1) is 12.5. The Labute approximate surface area is 152 Å². The summed E-state index contributed by atoms with van der Waals surface area (Å²) in [4.78, 5) is 16.8. The van der Waals surface area contributed by atoms with Crippen molar-refractivity contribution in [3.05, 3.63) is 30.0 Å². The van der Waals surface area contributed by atoms with Gasteiger partial charge in [-0.25, -0.2) is 8.42 Å². The maximum Gasteiger partial charge on any atom is 0.228 e. The zero-order valence-corrected chi connectivity index (χ0v) is 15.5. The number of amides is 1. The minimum atomic E-state index is -2.83. The summed E-state index contributed by atoms with van der Waals surface area (Å²) in [5.74, 6) is 0.640. The van der Waals surface area contributed by atoms with Crippen LogP contribution in [0.2, 0.25) is 0 Å². The molecular weight excluding hydrogens is 354 g/mol. The van der Waals surface area contributed by atoms with Gasteiger partial charge in [-0.15, -0.1) is 0 Å². The Morgan fingerprint density at radius 3 is 2.54 bits per heavy atom. The van der Waals surface area contributed by atoms with E-state index >= 15 is 0 Å². The molecule has 1 amide bonds. The lowest BCUT2D eigenvalue weighted by molar-refractivity contribution is -0.132. The van der Waals surface area contributed by atoms with Gasteiger partial charge in [0.25, 0.3) is 0 Å². The van der Waals surface area contributed by atoms with Crippen LogP contribution in [0.4, 0.5) is 0 Å². The molecule has 0 bridgehead atoms. The van der Waals surface area contributed by atoms with E-state index in [-0.39, 0.29) is 23.8 Å². The summed E-state index contributed by atoms with van der Waals surface area (Å²) in [6.07, 6.45) is 1.67. The van der Waals surface area contributed by atoms with E-state index < -0.39 is 9.84 Å². The van der Waals surface area contributed by atoms with E-state index in [4.69, 9.17) is 4.52 Å².